The average molecular weight is 263 g/mol. The summed E-state index contributed by atoms with van der Waals surface area (Å²) in [6, 6.07) is 0. The second kappa shape index (κ2) is 2.32. The zero-order valence-electron chi connectivity index (χ0n) is 3.79. The minimum absolute atomic E-state index is 1.03. The van der Waals surface area contributed by atoms with Gasteiger partial charge in [-0.1, -0.05) is 0 Å². The van der Waals surface area contributed by atoms with Gasteiger partial charge in [-0.05, 0) is 0 Å². The number of hydrogen-bond acceptors (Lipinski definition) is 1. The summed E-state index contributed by atoms with van der Waals surface area (Å²) in [7, 11) is 0. The SMILES string of the molecule is [W]=[CH]C1=CCC=N1. The Morgan fingerprint density at radius 1 is 1.86 bits per heavy atom. The topological polar surface area (TPSA) is 12.4 Å². The Hall–Kier alpha value is -0.0317. The Morgan fingerprint density at radius 2 is 2.71 bits per heavy atom. The van der Waals surface area contributed by atoms with Crippen molar-refractivity contribution >= 4 is 10.6 Å². The first-order chi connectivity index (χ1) is 3.43. The van der Waals surface area contributed by atoms with E-state index in [-0.39, 0.29) is 0 Å². The fourth-order valence-corrected chi connectivity index (χ4v) is 1.03. The molecule has 0 radical (unpaired) electrons. The molecule has 0 fully saturated rings. The van der Waals surface area contributed by atoms with Gasteiger partial charge in [0.1, 0.15) is 0 Å². The Morgan fingerprint density at radius 3 is 3.00 bits per heavy atom. The van der Waals surface area contributed by atoms with E-state index >= 15 is 0 Å². The third-order valence-electron chi connectivity index (χ3n) is 0.794. The minimum atomic E-state index is 1.03. The predicted molar refractivity (Wildman–Crippen MR) is 27.3 cm³/mol. The van der Waals surface area contributed by atoms with Gasteiger partial charge in [0.05, 0.1) is 0 Å². The van der Waals surface area contributed by atoms with E-state index in [1.165, 1.54) is 19.4 Å². The summed E-state index contributed by atoms with van der Waals surface area (Å²) >= 11 is 1.47. The maximum absolute atomic E-state index is 4.06. The van der Waals surface area contributed by atoms with E-state index in [0.717, 1.165) is 12.1 Å². The third kappa shape index (κ3) is 1.17. The molecule has 0 saturated heterocycles. The van der Waals surface area contributed by atoms with Gasteiger partial charge in [0.2, 0.25) is 0 Å². The summed E-state index contributed by atoms with van der Waals surface area (Å²) in [5.41, 5.74) is 1.15. The molecule has 0 bridgehead atoms. The molecule has 1 aliphatic rings. The molecule has 36 valence electrons. The molecule has 1 rings (SSSR count). The molecule has 0 N–H and O–H groups in total. The molecule has 0 spiro atoms. The quantitative estimate of drug-likeness (QED) is 0.660. The van der Waals surface area contributed by atoms with E-state index < -0.39 is 0 Å². The van der Waals surface area contributed by atoms with Crippen LogP contribution in [0, 0.1) is 0 Å². The van der Waals surface area contributed by atoms with Gasteiger partial charge in [0.25, 0.3) is 0 Å². The molecule has 1 heterocycles. The van der Waals surface area contributed by atoms with Crippen LogP contribution in [0.3, 0.4) is 0 Å². The molecule has 1 nitrogen and oxygen atoms in total. The van der Waals surface area contributed by atoms with Gasteiger partial charge in [-0.25, -0.2) is 0 Å². The summed E-state index contributed by atoms with van der Waals surface area (Å²) in [4.78, 5) is 4.06. The Kier molecular flexibility index (Phi) is 1.69. The second-order valence-corrected chi connectivity index (χ2v) is 2.14. The van der Waals surface area contributed by atoms with E-state index in [1.54, 1.807) is 0 Å². The molecule has 0 aromatic heterocycles. The number of aliphatic imine (C=N–C) groups is 1. The zero-order chi connectivity index (χ0) is 5.11. The van der Waals surface area contributed by atoms with Crippen molar-refractivity contribution in [3.8, 4) is 0 Å². The molecular weight excluding hydrogens is 258 g/mol. The van der Waals surface area contributed by atoms with Crippen molar-refractivity contribution in [2.24, 2.45) is 4.99 Å². The molecule has 0 aromatic rings. The summed E-state index contributed by atoms with van der Waals surface area (Å²) < 4.78 is 2.09. The number of allylic oxidation sites excluding steroid dienone is 2. The molecule has 7 heavy (non-hydrogen) atoms. The van der Waals surface area contributed by atoms with E-state index in [0.29, 0.717) is 0 Å². The van der Waals surface area contributed by atoms with Crippen molar-refractivity contribution in [2.45, 2.75) is 6.42 Å². The summed E-state index contributed by atoms with van der Waals surface area (Å²) in [6.07, 6.45) is 5.07. The maximum atomic E-state index is 4.06. The van der Waals surface area contributed by atoms with Crippen LogP contribution in [0.25, 0.3) is 0 Å². The van der Waals surface area contributed by atoms with Crippen LogP contribution < -0.4 is 0 Å². The Labute approximate surface area is 53.6 Å². The van der Waals surface area contributed by atoms with Crippen LogP contribution in [0.1, 0.15) is 6.42 Å². The van der Waals surface area contributed by atoms with Crippen molar-refractivity contribution in [3.63, 3.8) is 0 Å². The predicted octanol–water partition coefficient (Wildman–Crippen LogP) is 0.694. The van der Waals surface area contributed by atoms with Crippen LogP contribution in [0.4, 0.5) is 0 Å². The Bertz CT molecular complexity index is 135. The standard InChI is InChI=1S/C5H5N.W/c1-5-3-2-4-6-5;/h1,3-4H,2H2;. The van der Waals surface area contributed by atoms with Gasteiger partial charge in [-0.2, -0.15) is 0 Å². The summed E-state index contributed by atoms with van der Waals surface area (Å²) in [5, 5.41) is 0. The average Bonchev–Trinajstić information content (AvgIpc) is 2.14. The van der Waals surface area contributed by atoms with E-state index in [2.05, 4.69) is 15.5 Å². The van der Waals surface area contributed by atoms with E-state index in [1.807, 2.05) is 6.21 Å². The van der Waals surface area contributed by atoms with Gasteiger partial charge < -0.3 is 0 Å². The van der Waals surface area contributed by atoms with Crippen molar-refractivity contribution in [1.29, 1.82) is 0 Å². The van der Waals surface area contributed by atoms with Crippen molar-refractivity contribution in [3.05, 3.63) is 11.8 Å². The molecule has 0 aliphatic carbocycles. The van der Waals surface area contributed by atoms with Gasteiger partial charge in [-0.3, -0.25) is 0 Å². The number of rotatable bonds is 1. The first kappa shape index (κ1) is 5.11. The first-order valence-corrected chi connectivity index (χ1v) is 3.80. The molecule has 1 aliphatic heterocycles. The van der Waals surface area contributed by atoms with Crippen LogP contribution in [0.5, 0.6) is 0 Å². The normalized spacial score (nSPS) is 16.9. The molecular formula is C5H5NW. The van der Waals surface area contributed by atoms with Crippen LogP contribution in [0.15, 0.2) is 16.8 Å². The molecule has 0 amide bonds. The second-order valence-electron chi connectivity index (χ2n) is 1.29. The molecule has 0 atom stereocenters. The molecule has 2 heteroatoms. The summed E-state index contributed by atoms with van der Waals surface area (Å²) in [6.45, 7) is 0. The fraction of sp³-hybridized carbons (Fsp3) is 0.200. The fourth-order valence-electron chi connectivity index (χ4n) is 0.463. The van der Waals surface area contributed by atoms with Gasteiger partial charge in [0.15, 0.2) is 0 Å². The van der Waals surface area contributed by atoms with Crippen molar-refractivity contribution in [2.75, 3.05) is 0 Å². The van der Waals surface area contributed by atoms with Gasteiger partial charge in [0, 0.05) is 0 Å². The van der Waals surface area contributed by atoms with E-state index in [4.69, 9.17) is 0 Å². The Balaban J connectivity index is 2.69. The molecule has 0 aromatic carbocycles. The number of hydrogen-bond donors (Lipinski definition) is 0. The van der Waals surface area contributed by atoms with Crippen molar-refractivity contribution in [1.82, 2.24) is 0 Å². The van der Waals surface area contributed by atoms with Gasteiger partial charge in [-0.15, -0.1) is 0 Å². The van der Waals surface area contributed by atoms with Crippen LogP contribution in [-0.2, 0) is 19.4 Å². The van der Waals surface area contributed by atoms with Gasteiger partial charge >= 0.3 is 53.2 Å². The van der Waals surface area contributed by atoms with Crippen LogP contribution in [0.2, 0.25) is 0 Å². The molecule has 0 unspecified atom stereocenters. The monoisotopic (exact) mass is 263 g/mol. The van der Waals surface area contributed by atoms with Crippen molar-refractivity contribution < 1.29 is 19.4 Å². The van der Waals surface area contributed by atoms with Crippen LogP contribution >= 0.6 is 0 Å². The van der Waals surface area contributed by atoms with E-state index in [9.17, 15) is 0 Å². The van der Waals surface area contributed by atoms with Crippen LogP contribution in [-0.4, -0.2) is 10.6 Å². The zero-order valence-corrected chi connectivity index (χ0v) is 6.73. The third-order valence-corrected chi connectivity index (χ3v) is 1.66. The summed E-state index contributed by atoms with van der Waals surface area (Å²) in [5.74, 6) is 0. The first-order valence-electron chi connectivity index (χ1n) is 2.11. The number of nitrogens with zero attached hydrogens (tertiary/aromatic N) is 1. The molecule has 0 saturated carbocycles.